The predicted molar refractivity (Wildman–Crippen MR) is 187 cm³/mol. The number of carboxylic acids is 1. The summed E-state index contributed by atoms with van der Waals surface area (Å²) < 4.78 is 95.5. The van der Waals surface area contributed by atoms with Gasteiger partial charge in [0.25, 0.3) is 11.8 Å². The lowest BCUT2D eigenvalue weighted by molar-refractivity contribution is -0.160. The van der Waals surface area contributed by atoms with Crippen molar-refractivity contribution in [3.63, 3.8) is 0 Å². The number of thiophene rings is 1. The molecule has 5 rings (SSSR count). The molecule has 0 aliphatic carbocycles. The van der Waals surface area contributed by atoms with Crippen LogP contribution in [0.2, 0.25) is 0 Å². The number of hydrogen-bond acceptors (Lipinski definition) is 7. The molecule has 2 saturated heterocycles. The number of pyridine rings is 1. The van der Waals surface area contributed by atoms with Gasteiger partial charge in [0.15, 0.2) is 0 Å². The Morgan fingerprint density at radius 2 is 1.70 bits per heavy atom. The molecule has 3 aromatic rings. The quantitative estimate of drug-likeness (QED) is 0.183. The second kappa shape index (κ2) is 16.2. The molecule has 1 N–H and O–H groups in total. The molecule has 1 aromatic carbocycles. The van der Waals surface area contributed by atoms with E-state index in [0.717, 1.165) is 35.3 Å². The molecule has 4 heterocycles. The van der Waals surface area contributed by atoms with Gasteiger partial charge in [-0.1, -0.05) is 31.5 Å². The minimum absolute atomic E-state index is 0.00904. The molecule has 0 radical (unpaired) electrons. The van der Waals surface area contributed by atoms with Crippen molar-refractivity contribution in [2.75, 3.05) is 26.2 Å². The van der Waals surface area contributed by atoms with Gasteiger partial charge in [0.2, 0.25) is 5.60 Å². The number of aliphatic carboxylic acids is 1. The normalized spacial score (nSPS) is 20.1. The van der Waals surface area contributed by atoms with Crippen LogP contribution in [-0.4, -0.2) is 75.6 Å². The maximum Gasteiger partial charge on any atom is 0.425 e. The fraction of sp³-hybridized carbons (Fsp3) is 0.526. The summed E-state index contributed by atoms with van der Waals surface area (Å²) in [6.07, 6.45) is -6.65. The standard InChI is InChI=1S/C38H43F6N3O6S/c1-4-9-29-36(53-25-22-30(54-23-25)38(42,43)44,15-8-18-47(29)32(48)31-27(37(39,40)41)11-7-17-45-31)33(49)46-19-13-24(14-20-46)26-10-5-6-12-28(26)52-21-16-35(2,3)34(50)51/h5-7,10-12,17,22-24,29H,4,8-9,13-16,18-21H2,1-3H3,(H,50,51)/t29-,36+/m1/s1. The van der Waals surface area contributed by atoms with E-state index < -0.39 is 63.3 Å². The maximum absolute atomic E-state index is 14.9. The van der Waals surface area contributed by atoms with E-state index >= 15 is 0 Å². The van der Waals surface area contributed by atoms with E-state index in [2.05, 4.69) is 4.98 Å². The van der Waals surface area contributed by atoms with Gasteiger partial charge in [-0.3, -0.25) is 19.4 Å². The molecule has 0 spiro atoms. The summed E-state index contributed by atoms with van der Waals surface area (Å²) in [5.74, 6) is -2.23. The Kier molecular flexibility index (Phi) is 12.2. The van der Waals surface area contributed by atoms with Gasteiger partial charge in [-0.15, -0.1) is 11.3 Å². The molecule has 2 aliphatic rings. The SMILES string of the molecule is CCC[C@H]1N(C(=O)c2ncccc2C(F)(F)F)CCC[C@@]1(Oc1csc(C(F)(F)F)c1)C(=O)N1CCC(c2ccccc2OCCC(C)(C)C(=O)O)CC1. The number of amides is 2. The highest BCUT2D eigenvalue weighted by atomic mass is 32.1. The second-order valence-corrected chi connectivity index (χ2v) is 15.2. The van der Waals surface area contributed by atoms with Crippen LogP contribution in [0, 0.1) is 5.41 Å². The molecule has 2 aliphatic heterocycles. The number of para-hydroxylation sites is 1. The number of ether oxygens (including phenoxy) is 2. The Hall–Kier alpha value is -4.34. The molecule has 2 fully saturated rings. The summed E-state index contributed by atoms with van der Waals surface area (Å²) in [7, 11) is 0. The number of carbonyl (C=O) groups is 3. The first-order chi connectivity index (χ1) is 25.4. The summed E-state index contributed by atoms with van der Waals surface area (Å²) in [5, 5.41) is 10.6. The number of rotatable bonds is 12. The molecular formula is C38H43F6N3O6S. The first-order valence-corrected chi connectivity index (χ1v) is 18.7. The average Bonchev–Trinajstić information content (AvgIpc) is 3.61. The van der Waals surface area contributed by atoms with Gasteiger partial charge in [0, 0.05) is 43.7 Å². The number of alkyl halides is 6. The van der Waals surface area contributed by atoms with Crippen molar-refractivity contribution >= 4 is 29.1 Å². The van der Waals surface area contributed by atoms with Gasteiger partial charge < -0.3 is 24.4 Å². The van der Waals surface area contributed by atoms with Crippen molar-refractivity contribution in [3.05, 3.63) is 75.7 Å². The van der Waals surface area contributed by atoms with Crippen LogP contribution in [0.5, 0.6) is 11.5 Å². The van der Waals surface area contributed by atoms with E-state index in [9.17, 15) is 45.8 Å². The number of benzene rings is 1. The zero-order valence-electron chi connectivity index (χ0n) is 30.1. The summed E-state index contributed by atoms with van der Waals surface area (Å²) >= 11 is 0.390. The lowest BCUT2D eigenvalue weighted by Gasteiger charge is -2.50. The maximum atomic E-state index is 14.9. The van der Waals surface area contributed by atoms with Gasteiger partial charge in [-0.05, 0) is 75.6 Å². The third-order valence-electron chi connectivity index (χ3n) is 10.2. The smallest absolute Gasteiger partial charge is 0.425 e. The van der Waals surface area contributed by atoms with E-state index in [1.807, 2.05) is 18.2 Å². The number of halogens is 6. The molecular weight excluding hydrogens is 740 g/mol. The Labute approximate surface area is 313 Å². The number of nitrogens with zero attached hydrogens (tertiary/aromatic N) is 3. The predicted octanol–water partition coefficient (Wildman–Crippen LogP) is 8.69. The van der Waals surface area contributed by atoms with Crippen molar-refractivity contribution in [1.82, 2.24) is 14.8 Å². The topological polar surface area (TPSA) is 109 Å². The van der Waals surface area contributed by atoms with Crippen molar-refractivity contribution in [3.8, 4) is 11.5 Å². The van der Waals surface area contributed by atoms with Gasteiger partial charge in [-0.25, -0.2) is 0 Å². The fourth-order valence-electron chi connectivity index (χ4n) is 7.21. The molecule has 0 bridgehead atoms. The summed E-state index contributed by atoms with van der Waals surface area (Å²) in [6.45, 7) is 5.60. The van der Waals surface area contributed by atoms with Crippen LogP contribution in [0.1, 0.15) is 98.1 Å². The Bertz CT molecular complexity index is 1810. The number of aromatic nitrogens is 1. The lowest BCUT2D eigenvalue weighted by atomic mass is 9.79. The van der Waals surface area contributed by atoms with Gasteiger partial charge in [0.1, 0.15) is 22.1 Å². The average molecular weight is 784 g/mol. The van der Waals surface area contributed by atoms with Gasteiger partial charge in [0.05, 0.1) is 23.6 Å². The Morgan fingerprint density at radius 1 is 1.00 bits per heavy atom. The van der Waals surface area contributed by atoms with Crippen LogP contribution < -0.4 is 9.47 Å². The van der Waals surface area contributed by atoms with Gasteiger partial charge in [-0.2, -0.15) is 26.3 Å². The first-order valence-electron chi connectivity index (χ1n) is 17.8. The van der Waals surface area contributed by atoms with Crippen molar-refractivity contribution in [1.29, 1.82) is 0 Å². The Balaban J connectivity index is 1.44. The van der Waals surface area contributed by atoms with E-state index in [-0.39, 0.29) is 63.6 Å². The number of carboxylic acid groups (broad SMARTS) is 1. The van der Waals surface area contributed by atoms with Crippen LogP contribution in [-0.2, 0) is 21.9 Å². The molecule has 2 atom stereocenters. The summed E-state index contributed by atoms with van der Waals surface area (Å²) in [5.41, 5.74) is -4.08. The molecule has 54 heavy (non-hydrogen) atoms. The van der Waals surface area contributed by atoms with Crippen LogP contribution in [0.25, 0.3) is 0 Å². The number of piperidine rings is 2. The Morgan fingerprint density at radius 3 is 2.33 bits per heavy atom. The van der Waals surface area contributed by atoms with Crippen molar-refractivity contribution in [2.45, 2.75) is 95.6 Å². The minimum Gasteiger partial charge on any atom is -0.493 e. The lowest BCUT2D eigenvalue weighted by Crippen LogP contribution is -2.68. The highest BCUT2D eigenvalue weighted by molar-refractivity contribution is 7.10. The van der Waals surface area contributed by atoms with Crippen molar-refractivity contribution in [2.24, 2.45) is 5.41 Å². The molecule has 2 aromatic heterocycles. The highest BCUT2D eigenvalue weighted by Crippen LogP contribution is 2.44. The van der Waals surface area contributed by atoms with Crippen LogP contribution in [0.3, 0.4) is 0 Å². The van der Waals surface area contributed by atoms with Crippen LogP contribution in [0.4, 0.5) is 26.3 Å². The van der Waals surface area contributed by atoms with E-state index in [1.165, 1.54) is 4.90 Å². The van der Waals surface area contributed by atoms with Crippen molar-refractivity contribution < 1.29 is 55.3 Å². The molecule has 2 amide bonds. The molecule has 9 nitrogen and oxygen atoms in total. The zero-order valence-corrected chi connectivity index (χ0v) is 31.0. The van der Waals surface area contributed by atoms with E-state index in [0.29, 0.717) is 36.3 Å². The third-order valence-corrected chi connectivity index (χ3v) is 11.2. The van der Waals surface area contributed by atoms with Gasteiger partial charge >= 0.3 is 18.3 Å². The summed E-state index contributed by atoms with van der Waals surface area (Å²) in [6, 6.07) is 8.86. The van der Waals surface area contributed by atoms with E-state index in [4.69, 9.17) is 9.47 Å². The monoisotopic (exact) mass is 783 g/mol. The summed E-state index contributed by atoms with van der Waals surface area (Å²) in [4.78, 5) is 46.0. The van der Waals surface area contributed by atoms with Crippen LogP contribution >= 0.6 is 11.3 Å². The van der Waals surface area contributed by atoms with Crippen LogP contribution in [0.15, 0.2) is 54.0 Å². The van der Waals surface area contributed by atoms with E-state index in [1.54, 1.807) is 31.7 Å². The number of hydrogen-bond donors (Lipinski definition) is 1. The fourth-order valence-corrected chi connectivity index (χ4v) is 7.89. The molecule has 16 heteroatoms. The first kappa shape index (κ1) is 40.8. The zero-order chi connectivity index (χ0) is 39.5. The second-order valence-electron chi connectivity index (χ2n) is 14.3. The number of likely N-dealkylation sites (tertiary alicyclic amines) is 2. The number of carbonyl (C=O) groups excluding carboxylic acids is 2. The minimum atomic E-state index is -4.90. The third kappa shape index (κ3) is 8.79. The molecule has 294 valence electrons. The molecule has 0 saturated carbocycles. The highest BCUT2D eigenvalue weighted by Gasteiger charge is 2.56. The largest absolute Gasteiger partial charge is 0.493 e. The molecule has 0 unspecified atom stereocenters.